The monoisotopic (exact) mass is 424 g/mol. The van der Waals surface area contributed by atoms with E-state index in [1.165, 1.54) is 7.05 Å². The maximum absolute atomic E-state index is 12.7. The minimum Gasteiger partial charge on any atom is -0.350 e. The first kappa shape index (κ1) is 23.3. The first-order valence-electron chi connectivity index (χ1n) is 9.72. The molecule has 0 atom stereocenters. The van der Waals surface area contributed by atoms with Crippen LogP contribution in [0.5, 0.6) is 0 Å². The zero-order chi connectivity index (χ0) is 21.8. The van der Waals surface area contributed by atoms with Gasteiger partial charge in [-0.05, 0) is 39.8 Å². The molecule has 0 unspecified atom stereocenters. The maximum Gasteiger partial charge on any atom is 0.243 e. The Kier molecular flexibility index (Phi) is 7.42. The Hall–Kier alpha value is -1.97. The third-order valence-electron chi connectivity index (χ3n) is 4.69. The van der Waals surface area contributed by atoms with Gasteiger partial charge in [0.2, 0.25) is 21.8 Å². The Morgan fingerprint density at radius 1 is 1.07 bits per heavy atom. The second-order valence-corrected chi connectivity index (χ2v) is 10.6. The lowest BCUT2D eigenvalue weighted by atomic mass is 10.1. The number of nitrogens with one attached hydrogen (secondary N) is 1. The van der Waals surface area contributed by atoms with Gasteiger partial charge in [-0.3, -0.25) is 14.5 Å². The van der Waals surface area contributed by atoms with E-state index in [2.05, 4.69) is 5.32 Å². The van der Waals surface area contributed by atoms with Crippen LogP contribution >= 0.6 is 0 Å². The van der Waals surface area contributed by atoms with Crippen LogP contribution in [0.25, 0.3) is 0 Å². The summed E-state index contributed by atoms with van der Waals surface area (Å²) >= 11 is 0. The number of carbonyl (C=O) groups is 2. The summed E-state index contributed by atoms with van der Waals surface area (Å²) in [5, 5.41) is 2.93. The van der Waals surface area contributed by atoms with Crippen molar-refractivity contribution >= 4 is 21.8 Å². The van der Waals surface area contributed by atoms with Crippen molar-refractivity contribution in [3.8, 4) is 0 Å². The summed E-state index contributed by atoms with van der Waals surface area (Å²) < 4.78 is 26.4. The highest BCUT2D eigenvalue weighted by Crippen LogP contribution is 2.15. The number of hydrogen-bond acceptors (Lipinski definition) is 5. The number of carbonyl (C=O) groups excluding carboxylic acids is 2. The molecule has 162 valence electrons. The second kappa shape index (κ2) is 9.23. The lowest BCUT2D eigenvalue weighted by molar-refractivity contribution is -0.133. The van der Waals surface area contributed by atoms with E-state index in [0.29, 0.717) is 32.7 Å². The molecule has 0 spiro atoms. The fraction of sp³-hybridized carbons (Fsp3) is 0.600. The average molecular weight is 425 g/mol. The van der Waals surface area contributed by atoms with E-state index in [-0.39, 0.29) is 28.8 Å². The van der Waals surface area contributed by atoms with Gasteiger partial charge in [0.1, 0.15) is 0 Å². The van der Waals surface area contributed by atoms with Crippen molar-refractivity contribution < 1.29 is 18.0 Å². The molecular weight excluding hydrogens is 392 g/mol. The fourth-order valence-corrected chi connectivity index (χ4v) is 4.20. The van der Waals surface area contributed by atoms with Crippen LogP contribution in [0.3, 0.4) is 0 Å². The van der Waals surface area contributed by atoms with Crippen LogP contribution < -0.4 is 5.32 Å². The molecule has 0 aliphatic carbocycles. The van der Waals surface area contributed by atoms with Gasteiger partial charge in [0.25, 0.3) is 0 Å². The van der Waals surface area contributed by atoms with E-state index in [9.17, 15) is 18.0 Å². The Morgan fingerprint density at radius 2 is 1.62 bits per heavy atom. The summed E-state index contributed by atoms with van der Waals surface area (Å²) in [5.41, 5.74) is 0.694. The molecule has 29 heavy (non-hydrogen) atoms. The number of piperazine rings is 1. The van der Waals surface area contributed by atoms with Crippen molar-refractivity contribution in [2.45, 2.75) is 38.1 Å². The van der Waals surface area contributed by atoms with Crippen LogP contribution in [-0.2, 0) is 19.6 Å². The van der Waals surface area contributed by atoms with Gasteiger partial charge in [0.05, 0.1) is 18.0 Å². The van der Waals surface area contributed by atoms with Crippen molar-refractivity contribution in [3.05, 3.63) is 29.8 Å². The lowest BCUT2D eigenvalue weighted by Gasteiger charge is -2.35. The zero-order valence-electron chi connectivity index (χ0n) is 17.9. The molecule has 1 aromatic carbocycles. The van der Waals surface area contributed by atoms with Crippen LogP contribution in [0.1, 0.15) is 26.3 Å². The predicted molar refractivity (Wildman–Crippen MR) is 112 cm³/mol. The minimum absolute atomic E-state index is 0.0406. The molecule has 2 rings (SSSR count). The summed E-state index contributed by atoms with van der Waals surface area (Å²) in [6, 6.07) is 6.56. The number of amides is 2. The van der Waals surface area contributed by atoms with Gasteiger partial charge < -0.3 is 10.2 Å². The van der Waals surface area contributed by atoms with Crippen LogP contribution in [0.15, 0.2) is 29.2 Å². The highest BCUT2D eigenvalue weighted by Gasteiger charge is 2.28. The quantitative estimate of drug-likeness (QED) is 0.725. The number of rotatable bonds is 6. The number of aryl methyl sites for hydroxylation is 1. The average Bonchev–Trinajstić information content (AvgIpc) is 2.60. The van der Waals surface area contributed by atoms with E-state index in [1.54, 1.807) is 29.2 Å². The highest BCUT2D eigenvalue weighted by molar-refractivity contribution is 7.89. The number of nitrogens with zero attached hydrogens (tertiary/aromatic N) is 3. The van der Waals surface area contributed by atoms with Gasteiger partial charge in [-0.2, -0.15) is 4.31 Å². The van der Waals surface area contributed by atoms with Crippen molar-refractivity contribution in [1.82, 2.24) is 19.4 Å². The number of likely N-dealkylation sites (N-methyl/N-ethyl adjacent to an activating group) is 1. The molecule has 1 saturated heterocycles. The van der Waals surface area contributed by atoms with Crippen LogP contribution in [-0.4, -0.2) is 86.2 Å². The molecule has 1 fully saturated rings. The molecule has 2 amide bonds. The SMILES string of the molecule is Cc1ccc(S(=O)(=O)N(C)CC(=O)N2CCN(CC(=O)NC(C)(C)C)CC2)cc1. The second-order valence-electron chi connectivity index (χ2n) is 8.53. The summed E-state index contributed by atoms with van der Waals surface area (Å²) in [6.07, 6.45) is 0. The third-order valence-corrected chi connectivity index (χ3v) is 6.51. The normalized spacial score (nSPS) is 16.1. The van der Waals surface area contributed by atoms with Gasteiger partial charge in [0.15, 0.2) is 0 Å². The van der Waals surface area contributed by atoms with Gasteiger partial charge in [-0.1, -0.05) is 17.7 Å². The van der Waals surface area contributed by atoms with E-state index in [4.69, 9.17) is 0 Å². The largest absolute Gasteiger partial charge is 0.350 e. The van der Waals surface area contributed by atoms with Gasteiger partial charge in [0, 0.05) is 38.8 Å². The molecule has 1 aliphatic rings. The molecule has 9 heteroatoms. The molecule has 0 bridgehead atoms. The standard InChI is InChI=1S/C20H32N4O4S/c1-16-6-8-17(9-7-16)29(27,28)22(5)15-19(26)24-12-10-23(11-13-24)14-18(25)21-20(2,3)4/h6-9H,10-15H2,1-5H3,(H,21,25). The molecule has 0 radical (unpaired) electrons. The topological polar surface area (TPSA) is 90.0 Å². The van der Waals surface area contributed by atoms with Crippen molar-refractivity contribution in [3.63, 3.8) is 0 Å². The first-order valence-corrected chi connectivity index (χ1v) is 11.2. The molecule has 1 aliphatic heterocycles. The summed E-state index contributed by atoms with van der Waals surface area (Å²) in [5.74, 6) is -0.275. The van der Waals surface area contributed by atoms with Crippen LogP contribution in [0.2, 0.25) is 0 Å². The molecule has 1 aromatic rings. The van der Waals surface area contributed by atoms with Gasteiger partial charge in [-0.25, -0.2) is 8.42 Å². The van der Waals surface area contributed by atoms with E-state index >= 15 is 0 Å². The molecule has 0 saturated carbocycles. The van der Waals surface area contributed by atoms with E-state index < -0.39 is 10.0 Å². The van der Waals surface area contributed by atoms with Crippen molar-refractivity contribution in [2.75, 3.05) is 46.3 Å². The molecule has 0 aromatic heterocycles. The first-order chi connectivity index (χ1) is 13.4. The zero-order valence-corrected chi connectivity index (χ0v) is 18.8. The predicted octanol–water partition coefficient (Wildman–Crippen LogP) is 0.674. The van der Waals surface area contributed by atoms with Crippen LogP contribution in [0.4, 0.5) is 0 Å². The molecule has 8 nitrogen and oxygen atoms in total. The smallest absolute Gasteiger partial charge is 0.243 e. The third kappa shape index (κ3) is 6.80. The van der Waals surface area contributed by atoms with Gasteiger partial charge in [-0.15, -0.1) is 0 Å². The van der Waals surface area contributed by atoms with Gasteiger partial charge >= 0.3 is 0 Å². The number of benzene rings is 1. The number of hydrogen-bond donors (Lipinski definition) is 1. The van der Waals surface area contributed by atoms with Crippen molar-refractivity contribution in [1.29, 1.82) is 0 Å². The fourth-order valence-electron chi connectivity index (χ4n) is 3.08. The molecular formula is C20H32N4O4S. The summed E-state index contributed by atoms with van der Waals surface area (Å²) in [4.78, 5) is 28.5. The maximum atomic E-state index is 12.7. The van der Waals surface area contributed by atoms with E-state index in [0.717, 1.165) is 9.87 Å². The molecule has 1 N–H and O–H groups in total. The summed E-state index contributed by atoms with van der Waals surface area (Å²) in [7, 11) is -2.29. The number of sulfonamides is 1. The van der Waals surface area contributed by atoms with Crippen LogP contribution in [0, 0.1) is 6.92 Å². The Labute approximate surface area is 173 Å². The summed E-state index contributed by atoms with van der Waals surface area (Å²) in [6.45, 7) is 9.88. The Bertz CT molecular complexity index is 823. The Balaban J connectivity index is 1.86. The lowest BCUT2D eigenvalue weighted by Crippen LogP contribution is -2.54. The van der Waals surface area contributed by atoms with Crippen molar-refractivity contribution in [2.24, 2.45) is 0 Å². The van der Waals surface area contributed by atoms with E-state index in [1.807, 2.05) is 32.6 Å². The Morgan fingerprint density at radius 3 is 2.14 bits per heavy atom. The minimum atomic E-state index is -3.71. The highest BCUT2D eigenvalue weighted by atomic mass is 32.2. The molecule has 1 heterocycles.